The number of rotatable bonds is 5. The van der Waals surface area contributed by atoms with Crippen LogP contribution in [0.5, 0.6) is 0 Å². The van der Waals surface area contributed by atoms with Crippen LogP contribution in [0, 0.1) is 11.8 Å². The van der Waals surface area contributed by atoms with Gasteiger partial charge in [-0.3, -0.25) is 9.69 Å². The highest BCUT2D eigenvalue weighted by Crippen LogP contribution is 2.27. The SMILES string of the molecule is COC(C)C(C)N1CC(C(C)C(=O)O)C1. The summed E-state index contributed by atoms with van der Waals surface area (Å²) in [6, 6.07) is 0.368. The largest absolute Gasteiger partial charge is 0.481 e. The molecule has 0 saturated carbocycles. The van der Waals surface area contributed by atoms with Gasteiger partial charge in [-0.1, -0.05) is 6.92 Å². The highest BCUT2D eigenvalue weighted by atomic mass is 16.5. The zero-order valence-electron chi connectivity index (χ0n) is 9.93. The Bertz CT molecular complexity index is 226. The molecule has 0 aromatic carbocycles. The Balaban J connectivity index is 2.34. The predicted octanol–water partition coefficient (Wildman–Crippen LogP) is 1.06. The van der Waals surface area contributed by atoms with Gasteiger partial charge in [0.25, 0.3) is 0 Å². The van der Waals surface area contributed by atoms with E-state index in [1.165, 1.54) is 0 Å². The maximum atomic E-state index is 10.8. The Hall–Kier alpha value is -0.610. The van der Waals surface area contributed by atoms with Gasteiger partial charge in [-0.25, -0.2) is 0 Å². The lowest BCUT2D eigenvalue weighted by Crippen LogP contribution is -2.57. The summed E-state index contributed by atoms with van der Waals surface area (Å²) in [5, 5.41) is 8.85. The topological polar surface area (TPSA) is 49.8 Å². The van der Waals surface area contributed by atoms with Gasteiger partial charge in [0.2, 0.25) is 0 Å². The maximum Gasteiger partial charge on any atom is 0.306 e. The van der Waals surface area contributed by atoms with E-state index in [0.29, 0.717) is 12.0 Å². The van der Waals surface area contributed by atoms with Crippen molar-refractivity contribution < 1.29 is 14.6 Å². The lowest BCUT2D eigenvalue weighted by Gasteiger charge is -2.46. The number of ether oxygens (including phenoxy) is 1. The summed E-state index contributed by atoms with van der Waals surface area (Å²) in [5.74, 6) is -0.618. The molecular weight excluding hydrogens is 194 g/mol. The molecule has 1 aliphatic rings. The number of hydrogen-bond donors (Lipinski definition) is 1. The molecule has 1 N–H and O–H groups in total. The van der Waals surface area contributed by atoms with Gasteiger partial charge in [0.1, 0.15) is 0 Å². The third-order valence-corrected chi connectivity index (χ3v) is 3.66. The zero-order valence-corrected chi connectivity index (χ0v) is 9.93. The monoisotopic (exact) mass is 215 g/mol. The summed E-state index contributed by atoms with van der Waals surface area (Å²) < 4.78 is 5.25. The molecule has 1 saturated heterocycles. The highest BCUT2D eigenvalue weighted by molar-refractivity contribution is 5.70. The number of likely N-dealkylation sites (tertiary alicyclic amines) is 1. The number of carboxylic acid groups (broad SMARTS) is 1. The predicted molar refractivity (Wildman–Crippen MR) is 57.8 cm³/mol. The van der Waals surface area contributed by atoms with Crippen molar-refractivity contribution in [3.8, 4) is 0 Å². The second-order valence-electron chi connectivity index (χ2n) is 4.52. The fourth-order valence-electron chi connectivity index (χ4n) is 1.89. The van der Waals surface area contributed by atoms with E-state index in [9.17, 15) is 4.79 Å². The van der Waals surface area contributed by atoms with Crippen LogP contribution >= 0.6 is 0 Å². The molecule has 0 radical (unpaired) electrons. The molecule has 0 aromatic heterocycles. The van der Waals surface area contributed by atoms with Gasteiger partial charge in [0.15, 0.2) is 0 Å². The maximum absolute atomic E-state index is 10.8. The van der Waals surface area contributed by atoms with Gasteiger partial charge in [-0.15, -0.1) is 0 Å². The molecule has 1 aliphatic heterocycles. The van der Waals surface area contributed by atoms with Gasteiger partial charge in [0.05, 0.1) is 12.0 Å². The van der Waals surface area contributed by atoms with E-state index in [-0.39, 0.29) is 12.0 Å². The number of carbonyl (C=O) groups is 1. The minimum atomic E-state index is -0.688. The van der Waals surface area contributed by atoms with Crippen LogP contribution in [0.25, 0.3) is 0 Å². The summed E-state index contributed by atoms with van der Waals surface area (Å²) in [6.07, 6.45) is 0.200. The first kappa shape index (κ1) is 12.5. The number of carboxylic acids is 1. The molecule has 0 spiro atoms. The lowest BCUT2D eigenvalue weighted by atomic mass is 9.85. The third-order valence-electron chi connectivity index (χ3n) is 3.66. The number of hydrogen-bond acceptors (Lipinski definition) is 3. The molecule has 0 aliphatic carbocycles. The van der Waals surface area contributed by atoms with Crippen molar-refractivity contribution in [1.82, 2.24) is 4.90 Å². The van der Waals surface area contributed by atoms with E-state index in [1.54, 1.807) is 14.0 Å². The van der Waals surface area contributed by atoms with E-state index >= 15 is 0 Å². The Morgan fingerprint density at radius 3 is 2.33 bits per heavy atom. The molecule has 0 bridgehead atoms. The fourth-order valence-corrected chi connectivity index (χ4v) is 1.89. The first-order valence-electron chi connectivity index (χ1n) is 5.47. The Morgan fingerprint density at radius 2 is 1.93 bits per heavy atom. The number of aliphatic carboxylic acids is 1. The van der Waals surface area contributed by atoms with Crippen LogP contribution in [0.15, 0.2) is 0 Å². The Labute approximate surface area is 91.2 Å². The van der Waals surface area contributed by atoms with Crippen molar-refractivity contribution in [1.29, 1.82) is 0 Å². The average Bonchev–Trinajstić information content (AvgIpc) is 2.13. The highest BCUT2D eigenvalue weighted by Gasteiger charge is 2.37. The first-order valence-corrected chi connectivity index (χ1v) is 5.47. The minimum Gasteiger partial charge on any atom is -0.481 e. The summed E-state index contributed by atoms with van der Waals surface area (Å²) in [7, 11) is 1.71. The van der Waals surface area contributed by atoms with Crippen LogP contribution in [-0.4, -0.2) is 48.3 Å². The summed E-state index contributed by atoms with van der Waals surface area (Å²) in [4.78, 5) is 13.0. The molecule has 15 heavy (non-hydrogen) atoms. The summed E-state index contributed by atoms with van der Waals surface area (Å²) in [5.41, 5.74) is 0. The molecule has 0 aromatic rings. The Morgan fingerprint density at radius 1 is 1.40 bits per heavy atom. The molecule has 1 heterocycles. The molecule has 3 unspecified atom stereocenters. The molecule has 0 amide bonds. The molecule has 1 rings (SSSR count). The van der Waals surface area contributed by atoms with Gasteiger partial charge in [-0.2, -0.15) is 0 Å². The van der Waals surface area contributed by atoms with Crippen molar-refractivity contribution in [3.63, 3.8) is 0 Å². The van der Waals surface area contributed by atoms with Crippen LogP contribution in [0.1, 0.15) is 20.8 Å². The van der Waals surface area contributed by atoms with E-state index in [4.69, 9.17) is 9.84 Å². The molecule has 4 nitrogen and oxygen atoms in total. The second kappa shape index (κ2) is 4.94. The van der Waals surface area contributed by atoms with Crippen LogP contribution in [-0.2, 0) is 9.53 Å². The molecular formula is C11H21NO3. The van der Waals surface area contributed by atoms with E-state index < -0.39 is 5.97 Å². The smallest absolute Gasteiger partial charge is 0.306 e. The normalized spacial score (nSPS) is 24.3. The second-order valence-corrected chi connectivity index (χ2v) is 4.52. The van der Waals surface area contributed by atoms with Crippen molar-refractivity contribution in [2.75, 3.05) is 20.2 Å². The third kappa shape index (κ3) is 2.69. The molecule has 4 heteroatoms. The van der Waals surface area contributed by atoms with E-state index in [1.807, 2.05) is 6.92 Å². The van der Waals surface area contributed by atoms with Crippen LogP contribution in [0.3, 0.4) is 0 Å². The van der Waals surface area contributed by atoms with E-state index in [2.05, 4.69) is 11.8 Å². The standard InChI is InChI=1S/C11H21NO3/c1-7(11(13)14)10-5-12(6-10)8(2)9(3)15-4/h7-10H,5-6H2,1-4H3,(H,13,14). The van der Waals surface area contributed by atoms with Crippen LogP contribution < -0.4 is 0 Å². The van der Waals surface area contributed by atoms with Gasteiger partial charge in [-0.05, 0) is 19.8 Å². The molecule has 1 fully saturated rings. The van der Waals surface area contributed by atoms with E-state index in [0.717, 1.165) is 13.1 Å². The zero-order chi connectivity index (χ0) is 11.6. The number of nitrogens with zero attached hydrogens (tertiary/aromatic N) is 1. The minimum absolute atomic E-state index is 0.200. The summed E-state index contributed by atoms with van der Waals surface area (Å²) >= 11 is 0. The van der Waals surface area contributed by atoms with Crippen molar-refractivity contribution >= 4 is 5.97 Å². The van der Waals surface area contributed by atoms with Gasteiger partial charge in [0, 0.05) is 26.2 Å². The molecule has 88 valence electrons. The quantitative estimate of drug-likeness (QED) is 0.745. The lowest BCUT2D eigenvalue weighted by molar-refractivity contribution is -0.146. The van der Waals surface area contributed by atoms with Gasteiger partial charge >= 0.3 is 5.97 Å². The fraction of sp³-hybridized carbons (Fsp3) is 0.909. The van der Waals surface area contributed by atoms with Crippen LogP contribution in [0.4, 0.5) is 0 Å². The number of methoxy groups -OCH3 is 1. The van der Waals surface area contributed by atoms with Gasteiger partial charge < -0.3 is 9.84 Å². The van der Waals surface area contributed by atoms with Crippen molar-refractivity contribution in [2.45, 2.75) is 32.9 Å². The summed E-state index contributed by atoms with van der Waals surface area (Å²) in [6.45, 7) is 7.70. The first-order chi connectivity index (χ1) is 6.97. The van der Waals surface area contributed by atoms with Crippen molar-refractivity contribution in [2.24, 2.45) is 11.8 Å². The average molecular weight is 215 g/mol. The van der Waals surface area contributed by atoms with Crippen molar-refractivity contribution in [3.05, 3.63) is 0 Å². The van der Waals surface area contributed by atoms with Crippen LogP contribution in [0.2, 0.25) is 0 Å². The molecule has 3 atom stereocenters. The Kier molecular flexibility index (Phi) is 4.11.